The monoisotopic (exact) mass is 294 g/mol. The lowest BCUT2D eigenvalue weighted by atomic mass is 9.94. The fourth-order valence-corrected chi connectivity index (χ4v) is 4.84. The summed E-state index contributed by atoms with van der Waals surface area (Å²) >= 11 is 3.29. The highest BCUT2D eigenvalue weighted by Gasteiger charge is 2.31. The maximum Gasteiger partial charge on any atom is 0.263 e. The molecule has 0 unspecified atom stereocenters. The van der Waals surface area contributed by atoms with Crippen molar-refractivity contribution in [3.8, 4) is 0 Å². The van der Waals surface area contributed by atoms with Crippen molar-refractivity contribution in [2.75, 3.05) is 5.75 Å². The molecule has 2 aromatic rings. The molecule has 4 nitrogen and oxygen atoms in total. The van der Waals surface area contributed by atoms with Crippen LogP contribution in [0.1, 0.15) is 24.3 Å². The van der Waals surface area contributed by atoms with Gasteiger partial charge in [0.05, 0.1) is 17.6 Å². The van der Waals surface area contributed by atoms with Crippen molar-refractivity contribution in [1.29, 1.82) is 0 Å². The number of aromatic nitrogens is 2. The van der Waals surface area contributed by atoms with Gasteiger partial charge in [-0.05, 0) is 19.4 Å². The van der Waals surface area contributed by atoms with E-state index >= 15 is 0 Å². The molecule has 0 aromatic carbocycles. The molecule has 0 saturated heterocycles. The Hall–Kier alpha value is -0.850. The molecule has 6 heteroatoms. The lowest BCUT2D eigenvalue weighted by Gasteiger charge is -2.29. The van der Waals surface area contributed by atoms with Crippen molar-refractivity contribution in [3.63, 3.8) is 0 Å². The first-order valence-electron chi connectivity index (χ1n) is 6.37. The van der Waals surface area contributed by atoms with Crippen LogP contribution in [0.3, 0.4) is 0 Å². The number of hydrogen-bond acceptors (Lipinski definition) is 5. The smallest absolute Gasteiger partial charge is 0.263 e. The Labute approximate surface area is 118 Å². The molecular weight excluding hydrogens is 280 g/mol. The molecule has 0 spiro atoms. The number of hydrogen-bond donors (Lipinski definition) is 0. The average Bonchev–Trinajstić information content (AvgIpc) is 2.92. The average molecular weight is 294 g/mol. The summed E-state index contributed by atoms with van der Waals surface area (Å²) < 4.78 is 7.65. The minimum absolute atomic E-state index is 0.139. The second kappa shape index (κ2) is 3.84. The topological polar surface area (TPSA) is 44.1 Å². The molecule has 19 heavy (non-hydrogen) atoms. The van der Waals surface area contributed by atoms with Gasteiger partial charge in [0, 0.05) is 23.6 Å². The SMILES string of the molecule is CC1(C)Cc2c(sc3nc4n(c(=O)c23)CCS4)CO1. The van der Waals surface area contributed by atoms with Crippen molar-refractivity contribution in [1.82, 2.24) is 9.55 Å². The van der Waals surface area contributed by atoms with Gasteiger partial charge in [0.2, 0.25) is 0 Å². The number of fused-ring (bicyclic) bond motifs is 4. The van der Waals surface area contributed by atoms with Crippen LogP contribution in [0.2, 0.25) is 0 Å². The Bertz CT molecular complexity index is 745. The molecule has 2 aliphatic heterocycles. The summed E-state index contributed by atoms with van der Waals surface area (Å²) in [5.41, 5.74) is 1.12. The lowest BCUT2D eigenvalue weighted by Crippen LogP contribution is -2.32. The van der Waals surface area contributed by atoms with Crippen LogP contribution in [0.25, 0.3) is 10.2 Å². The van der Waals surface area contributed by atoms with Crippen LogP contribution in [0.4, 0.5) is 0 Å². The molecule has 2 aromatic heterocycles. The van der Waals surface area contributed by atoms with E-state index in [-0.39, 0.29) is 11.2 Å². The van der Waals surface area contributed by atoms with Gasteiger partial charge in [-0.2, -0.15) is 0 Å². The van der Waals surface area contributed by atoms with E-state index in [0.717, 1.165) is 34.1 Å². The lowest BCUT2D eigenvalue weighted by molar-refractivity contribution is -0.0379. The molecular formula is C13H14N2O2S2. The normalized spacial score (nSPS) is 20.5. The third-order valence-corrected chi connectivity index (χ3v) is 5.76. The molecule has 0 N–H and O–H groups in total. The van der Waals surface area contributed by atoms with E-state index in [4.69, 9.17) is 4.74 Å². The second-order valence-electron chi connectivity index (χ2n) is 5.61. The van der Waals surface area contributed by atoms with Gasteiger partial charge in [0.25, 0.3) is 5.56 Å². The zero-order chi connectivity index (χ0) is 13.2. The molecule has 0 amide bonds. The van der Waals surface area contributed by atoms with E-state index in [9.17, 15) is 4.79 Å². The van der Waals surface area contributed by atoms with Gasteiger partial charge in [-0.15, -0.1) is 11.3 Å². The summed E-state index contributed by atoms with van der Waals surface area (Å²) in [4.78, 5) is 19.4. The predicted molar refractivity (Wildman–Crippen MR) is 77.2 cm³/mol. The summed E-state index contributed by atoms with van der Waals surface area (Å²) in [5.74, 6) is 0.955. The van der Waals surface area contributed by atoms with Crippen molar-refractivity contribution in [2.45, 2.75) is 44.2 Å². The van der Waals surface area contributed by atoms with Crippen molar-refractivity contribution < 1.29 is 4.74 Å². The van der Waals surface area contributed by atoms with Crippen LogP contribution in [-0.4, -0.2) is 20.9 Å². The van der Waals surface area contributed by atoms with Gasteiger partial charge in [-0.25, -0.2) is 4.98 Å². The molecule has 0 atom stereocenters. The first-order chi connectivity index (χ1) is 9.05. The van der Waals surface area contributed by atoms with Crippen LogP contribution in [0, 0.1) is 0 Å². The molecule has 0 radical (unpaired) electrons. The maximum absolute atomic E-state index is 12.6. The largest absolute Gasteiger partial charge is 0.370 e. The Morgan fingerprint density at radius 3 is 3.11 bits per heavy atom. The quantitative estimate of drug-likeness (QED) is 0.700. The Balaban J connectivity index is 2.04. The first kappa shape index (κ1) is 11.9. The molecule has 0 bridgehead atoms. The first-order valence-corrected chi connectivity index (χ1v) is 8.17. The highest BCUT2D eigenvalue weighted by atomic mass is 32.2. The van der Waals surface area contributed by atoms with Crippen molar-refractivity contribution >= 4 is 33.3 Å². The Morgan fingerprint density at radius 1 is 1.42 bits per heavy atom. The zero-order valence-corrected chi connectivity index (χ0v) is 12.5. The van der Waals surface area contributed by atoms with Crippen LogP contribution in [-0.2, 0) is 24.3 Å². The summed E-state index contributed by atoms with van der Waals surface area (Å²) in [6.45, 7) is 5.54. The predicted octanol–water partition coefficient (Wildman–Crippen LogP) is 2.42. The number of nitrogens with zero attached hydrogens (tertiary/aromatic N) is 2. The third kappa shape index (κ3) is 1.70. The van der Waals surface area contributed by atoms with E-state index in [1.165, 1.54) is 10.4 Å². The molecule has 0 saturated carbocycles. The standard InChI is InChI=1S/C13H14N2O2S2/c1-13(2)5-7-8(6-17-13)19-10-9(7)11(16)15-3-4-18-12(15)14-10/h3-6H2,1-2H3. The van der Waals surface area contributed by atoms with Crippen LogP contribution >= 0.6 is 23.1 Å². The Morgan fingerprint density at radius 2 is 2.26 bits per heavy atom. The third-order valence-electron chi connectivity index (χ3n) is 3.70. The van der Waals surface area contributed by atoms with Crippen LogP contribution < -0.4 is 5.56 Å². The number of thioether (sulfide) groups is 1. The Kier molecular flexibility index (Phi) is 2.41. The molecule has 0 fully saturated rings. The fourth-order valence-electron chi connectivity index (χ4n) is 2.74. The van der Waals surface area contributed by atoms with Crippen LogP contribution in [0.15, 0.2) is 9.95 Å². The van der Waals surface area contributed by atoms with Crippen LogP contribution in [0.5, 0.6) is 0 Å². The van der Waals surface area contributed by atoms with Gasteiger partial charge < -0.3 is 4.74 Å². The molecule has 4 heterocycles. The number of ether oxygens (including phenoxy) is 1. The highest BCUT2D eigenvalue weighted by Crippen LogP contribution is 2.38. The number of rotatable bonds is 0. The summed E-state index contributed by atoms with van der Waals surface area (Å²) in [7, 11) is 0. The summed E-state index contributed by atoms with van der Waals surface area (Å²) in [6, 6.07) is 0. The number of thiophene rings is 1. The van der Waals surface area contributed by atoms with E-state index in [1.807, 2.05) is 4.57 Å². The van der Waals surface area contributed by atoms with Crippen molar-refractivity contribution in [2.24, 2.45) is 0 Å². The van der Waals surface area contributed by atoms with Gasteiger partial charge >= 0.3 is 0 Å². The maximum atomic E-state index is 12.6. The summed E-state index contributed by atoms with van der Waals surface area (Å²) in [5, 5.41) is 1.71. The minimum Gasteiger partial charge on any atom is -0.370 e. The summed E-state index contributed by atoms with van der Waals surface area (Å²) in [6.07, 6.45) is 0.797. The van der Waals surface area contributed by atoms with Gasteiger partial charge in [0.15, 0.2) is 5.16 Å². The highest BCUT2D eigenvalue weighted by molar-refractivity contribution is 7.99. The second-order valence-corrected chi connectivity index (χ2v) is 7.75. The van der Waals surface area contributed by atoms with E-state index in [1.54, 1.807) is 23.1 Å². The molecule has 0 aliphatic carbocycles. The van der Waals surface area contributed by atoms with E-state index < -0.39 is 0 Å². The van der Waals surface area contributed by atoms with E-state index in [0.29, 0.717) is 6.61 Å². The van der Waals surface area contributed by atoms with Gasteiger partial charge in [-0.1, -0.05) is 11.8 Å². The van der Waals surface area contributed by atoms with Gasteiger partial charge in [-0.3, -0.25) is 9.36 Å². The zero-order valence-electron chi connectivity index (χ0n) is 10.9. The minimum atomic E-state index is -0.189. The van der Waals surface area contributed by atoms with Crippen molar-refractivity contribution in [3.05, 3.63) is 20.8 Å². The molecule has 4 rings (SSSR count). The fraction of sp³-hybridized carbons (Fsp3) is 0.538. The van der Waals surface area contributed by atoms with Gasteiger partial charge in [0.1, 0.15) is 4.83 Å². The van der Waals surface area contributed by atoms with E-state index in [2.05, 4.69) is 18.8 Å². The molecule has 2 aliphatic rings. The molecule has 100 valence electrons.